The third-order valence-corrected chi connectivity index (χ3v) is 4.59. The summed E-state index contributed by atoms with van der Waals surface area (Å²) in [7, 11) is 2.15. The van der Waals surface area contributed by atoms with Gasteiger partial charge in [0.05, 0.1) is 0 Å². The Balaban J connectivity index is 2.35. The lowest BCUT2D eigenvalue weighted by Crippen LogP contribution is -2.67. The molecule has 1 spiro atoms. The van der Waals surface area contributed by atoms with Crippen molar-refractivity contribution in [2.45, 2.75) is 76.8 Å². The summed E-state index contributed by atoms with van der Waals surface area (Å²) in [6.07, 6.45) is 1.63. The molecular formula is C14H26N2O2. The smallest absolute Gasteiger partial charge is 0.253 e. The highest BCUT2D eigenvalue weighted by Crippen LogP contribution is 2.46. The summed E-state index contributed by atoms with van der Waals surface area (Å²) in [5.41, 5.74) is -1.24. The Morgan fingerprint density at radius 2 is 1.50 bits per heavy atom. The van der Waals surface area contributed by atoms with Gasteiger partial charge in [0.15, 0.2) is 0 Å². The van der Waals surface area contributed by atoms with Crippen LogP contribution in [0.5, 0.6) is 0 Å². The Morgan fingerprint density at radius 3 is 1.83 bits per heavy atom. The third-order valence-electron chi connectivity index (χ3n) is 4.59. The molecular weight excluding hydrogens is 228 g/mol. The highest BCUT2D eigenvalue weighted by Gasteiger charge is 2.58. The van der Waals surface area contributed by atoms with Crippen LogP contribution in [-0.4, -0.2) is 40.3 Å². The lowest BCUT2D eigenvalue weighted by atomic mass is 9.75. The molecule has 1 N–H and O–H groups in total. The number of rotatable bonds is 0. The van der Waals surface area contributed by atoms with Crippen molar-refractivity contribution in [3.8, 4) is 0 Å². The highest BCUT2D eigenvalue weighted by atomic mass is 16.6. The Bertz CT molecular complexity index is 367. The van der Waals surface area contributed by atoms with Crippen molar-refractivity contribution in [2.24, 2.45) is 0 Å². The van der Waals surface area contributed by atoms with Crippen LogP contribution in [0.3, 0.4) is 0 Å². The number of amides is 1. The van der Waals surface area contributed by atoms with E-state index in [1.807, 2.05) is 13.8 Å². The van der Waals surface area contributed by atoms with Gasteiger partial charge in [-0.05, 0) is 48.6 Å². The maximum atomic E-state index is 12.0. The van der Waals surface area contributed by atoms with Gasteiger partial charge in [-0.25, -0.2) is 0 Å². The minimum atomic E-state index is -0.720. The molecule has 0 aromatic heterocycles. The van der Waals surface area contributed by atoms with Gasteiger partial charge in [0.25, 0.3) is 5.91 Å². The lowest BCUT2D eigenvalue weighted by Gasteiger charge is -2.56. The second kappa shape index (κ2) is 3.48. The standard InChI is InChI=1S/C14H26N2O2/c1-11(2)8-14(9-12(3,4)16(11)7)15-10(17)13(5,6)18-14/h8-9H2,1-7H3,(H,15,17). The zero-order chi connectivity index (χ0) is 14.0. The monoisotopic (exact) mass is 254 g/mol. The van der Waals surface area contributed by atoms with Crippen molar-refractivity contribution in [3.05, 3.63) is 0 Å². The fourth-order valence-electron chi connectivity index (χ4n) is 3.59. The van der Waals surface area contributed by atoms with Crippen LogP contribution < -0.4 is 5.32 Å². The molecule has 0 saturated carbocycles. The average Bonchev–Trinajstić information content (AvgIpc) is 2.31. The first-order valence-corrected chi connectivity index (χ1v) is 6.67. The highest BCUT2D eigenvalue weighted by molar-refractivity contribution is 5.86. The van der Waals surface area contributed by atoms with Gasteiger partial charge in [-0.1, -0.05) is 0 Å². The molecule has 0 atom stereocenters. The predicted octanol–water partition coefficient (Wildman–Crippen LogP) is 1.89. The molecule has 0 aromatic carbocycles. The minimum absolute atomic E-state index is 0.00125. The van der Waals surface area contributed by atoms with Gasteiger partial charge in [-0.2, -0.15) is 0 Å². The Labute approximate surface area is 110 Å². The van der Waals surface area contributed by atoms with Gasteiger partial charge in [-0.15, -0.1) is 0 Å². The summed E-state index contributed by atoms with van der Waals surface area (Å²) >= 11 is 0. The molecule has 0 aliphatic carbocycles. The van der Waals surface area contributed by atoms with Crippen molar-refractivity contribution < 1.29 is 9.53 Å². The van der Waals surface area contributed by atoms with Crippen molar-refractivity contribution in [3.63, 3.8) is 0 Å². The molecule has 0 unspecified atom stereocenters. The van der Waals surface area contributed by atoms with E-state index in [9.17, 15) is 4.79 Å². The quantitative estimate of drug-likeness (QED) is 0.718. The molecule has 2 heterocycles. The predicted molar refractivity (Wildman–Crippen MR) is 71.2 cm³/mol. The molecule has 2 aliphatic heterocycles. The van der Waals surface area contributed by atoms with E-state index < -0.39 is 11.3 Å². The topological polar surface area (TPSA) is 41.6 Å². The first kappa shape index (κ1) is 13.8. The second-order valence-corrected chi connectivity index (χ2v) is 7.60. The summed E-state index contributed by atoms with van der Waals surface area (Å²) in [4.78, 5) is 14.4. The van der Waals surface area contributed by atoms with E-state index in [-0.39, 0.29) is 17.0 Å². The largest absolute Gasteiger partial charge is 0.340 e. The molecule has 104 valence electrons. The molecule has 2 saturated heterocycles. The van der Waals surface area contributed by atoms with Crippen LogP contribution in [0.1, 0.15) is 54.4 Å². The van der Waals surface area contributed by atoms with Crippen LogP contribution in [-0.2, 0) is 9.53 Å². The molecule has 18 heavy (non-hydrogen) atoms. The number of ether oxygens (including phenoxy) is 1. The summed E-state index contributed by atoms with van der Waals surface area (Å²) in [5.74, 6) is -0.00125. The van der Waals surface area contributed by atoms with Crippen molar-refractivity contribution in [2.75, 3.05) is 7.05 Å². The maximum absolute atomic E-state index is 12.0. The van der Waals surface area contributed by atoms with Crippen LogP contribution in [0.15, 0.2) is 0 Å². The maximum Gasteiger partial charge on any atom is 0.253 e. The molecule has 0 aromatic rings. The molecule has 2 fully saturated rings. The molecule has 2 aliphatic rings. The summed E-state index contributed by atoms with van der Waals surface area (Å²) in [6, 6.07) is 0. The fourth-order valence-corrected chi connectivity index (χ4v) is 3.59. The first-order chi connectivity index (χ1) is 7.90. The third kappa shape index (κ3) is 1.95. The van der Waals surface area contributed by atoms with E-state index in [1.54, 1.807) is 0 Å². The normalized spacial score (nSPS) is 32.5. The number of carbonyl (C=O) groups excluding carboxylic acids is 1. The van der Waals surface area contributed by atoms with E-state index in [0.29, 0.717) is 0 Å². The molecule has 0 radical (unpaired) electrons. The van der Waals surface area contributed by atoms with Crippen LogP contribution in [0.25, 0.3) is 0 Å². The van der Waals surface area contributed by atoms with Gasteiger partial charge >= 0.3 is 0 Å². The van der Waals surface area contributed by atoms with Gasteiger partial charge in [0.2, 0.25) is 0 Å². The number of nitrogens with zero attached hydrogens (tertiary/aromatic N) is 1. The summed E-state index contributed by atoms with van der Waals surface area (Å²) in [6.45, 7) is 12.5. The Morgan fingerprint density at radius 1 is 1.06 bits per heavy atom. The average molecular weight is 254 g/mol. The van der Waals surface area contributed by atoms with Crippen molar-refractivity contribution >= 4 is 5.91 Å². The van der Waals surface area contributed by atoms with E-state index >= 15 is 0 Å². The number of likely N-dealkylation sites (tertiary alicyclic amines) is 1. The molecule has 1 amide bonds. The van der Waals surface area contributed by atoms with Crippen LogP contribution in [0, 0.1) is 0 Å². The second-order valence-electron chi connectivity index (χ2n) is 7.60. The number of carbonyl (C=O) groups is 1. The van der Waals surface area contributed by atoms with Crippen LogP contribution >= 0.6 is 0 Å². The molecule has 0 bridgehead atoms. The Kier molecular flexibility index (Phi) is 2.67. The van der Waals surface area contributed by atoms with E-state index in [2.05, 4.69) is 45.0 Å². The number of hydrogen-bond donors (Lipinski definition) is 1. The Hall–Kier alpha value is -0.610. The van der Waals surface area contributed by atoms with Crippen molar-refractivity contribution in [1.82, 2.24) is 10.2 Å². The van der Waals surface area contributed by atoms with E-state index in [1.165, 1.54) is 0 Å². The van der Waals surface area contributed by atoms with Gasteiger partial charge < -0.3 is 10.1 Å². The van der Waals surface area contributed by atoms with E-state index in [4.69, 9.17) is 4.74 Å². The SMILES string of the molecule is CN1C(C)(C)CC2(CC1(C)C)NC(=O)C(C)(C)O2. The molecule has 4 heteroatoms. The van der Waals surface area contributed by atoms with E-state index in [0.717, 1.165) is 12.8 Å². The van der Waals surface area contributed by atoms with Gasteiger partial charge in [-0.3, -0.25) is 9.69 Å². The van der Waals surface area contributed by atoms with Crippen LogP contribution in [0.4, 0.5) is 0 Å². The first-order valence-electron chi connectivity index (χ1n) is 6.67. The number of hydrogen-bond acceptors (Lipinski definition) is 3. The van der Waals surface area contributed by atoms with Gasteiger partial charge in [0.1, 0.15) is 11.3 Å². The number of piperidine rings is 1. The fraction of sp³-hybridized carbons (Fsp3) is 0.929. The summed E-state index contributed by atoms with van der Waals surface area (Å²) in [5, 5.41) is 3.10. The molecule has 4 nitrogen and oxygen atoms in total. The minimum Gasteiger partial charge on any atom is -0.340 e. The van der Waals surface area contributed by atoms with Crippen molar-refractivity contribution in [1.29, 1.82) is 0 Å². The van der Waals surface area contributed by atoms with Gasteiger partial charge in [0, 0.05) is 23.9 Å². The molecule has 2 rings (SSSR count). The summed E-state index contributed by atoms with van der Waals surface area (Å²) < 4.78 is 6.12. The lowest BCUT2D eigenvalue weighted by molar-refractivity contribution is -0.176. The van der Waals surface area contributed by atoms with Crippen LogP contribution in [0.2, 0.25) is 0 Å². The zero-order valence-electron chi connectivity index (χ0n) is 12.7. The number of nitrogens with one attached hydrogen (secondary N) is 1. The zero-order valence-corrected chi connectivity index (χ0v) is 12.7.